The third kappa shape index (κ3) is 2.99. The first-order valence-corrected chi connectivity index (χ1v) is 6.12. The fourth-order valence-electron chi connectivity index (χ4n) is 1.66. The molecule has 1 aliphatic rings. The number of carbonyl (C=O) groups is 1. The molecular formula is C13H12ClFN2O. The van der Waals surface area contributed by atoms with Crippen molar-refractivity contribution >= 4 is 17.5 Å². The minimum Gasteiger partial charge on any atom is -0.352 e. The molecule has 1 saturated carbocycles. The van der Waals surface area contributed by atoms with Crippen LogP contribution in [0.3, 0.4) is 0 Å². The van der Waals surface area contributed by atoms with Gasteiger partial charge in [-0.25, -0.2) is 4.39 Å². The van der Waals surface area contributed by atoms with Gasteiger partial charge < -0.3 is 5.32 Å². The lowest BCUT2D eigenvalue weighted by Crippen LogP contribution is -2.32. The van der Waals surface area contributed by atoms with Crippen LogP contribution in [-0.4, -0.2) is 11.9 Å². The summed E-state index contributed by atoms with van der Waals surface area (Å²) in [4.78, 5) is 11.8. The minimum absolute atomic E-state index is 0.000556. The largest absolute Gasteiger partial charge is 0.352 e. The lowest BCUT2D eigenvalue weighted by molar-refractivity contribution is -0.123. The molecule has 1 amide bonds. The number of amides is 1. The number of carbonyl (C=O) groups excluding carboxylic acids is 1. The number of hydrogen-bond acceptors (Lipinski definition) is 2. The standard InChI is InChI=1S/C13H12ClFN2O/c14-11-2-1-3-12(15)10(11)6-8(7-16)13(18)17-9-4-5-9/h1-3,8-9H,4-6H2,(H,17,18). The highest BCUT2D eigenvalue weighted by Crippen LogP contribution is 2.23. The van der Waals surface area contributed by atoms with Crippen LogP contribution < -0.4 is 5.32 Å². The van der Waals surface area contributed by atoms with Crippen molar-refractivity contribution in [2.24, 2.45) is 5.92 Å². The van der Waals surface area contributed by atoms with Crippen LogP contribution in [0.1, 0.15) is 18.4 Å². The number of nitrogens with one attached hydrogen (secondary N) is 1. The molecule has 1 aromatic carbocycles. The Balaban J connectivity index is 2.10. The molecule has 1 fully saturated rings. The molecule has 1 aromatic rings. The van der Waals surface area contributed by atoms with Crippen LogP contribution in [0.25, 0.3) is 0 Å². The molecule has 1 unspecified atom stereocenters. The predicted octanol–water partition coefficient (Wildman–Crippen LogP) is 2.44. The number of rotatable bonds is 4. The Bertz CT molecular complexity index is 488. The topological polar surface area (TPSA) is 52.9 Å². The van der Waals surface area contributed by atoms with Crippen molar-refractivity contribution < 1.29 is 9.18 Å². The Morgan fingerprint density at radius 2 is 2.33 bits per heavy atom. The number of halogens is 2. The van der Waals surface area contributed by atoms with Crippen LogP contribution in [-0.2, 0) is 11.2 Å². The van der Waals surface area contributed by atoms with Gasteiger partial charge in [0.1, 0.15) is 11.7 Å². The third-order valence-corrected chi connectivity index (χ3v) is 3.22. The summed E-state index contributed by atoms with van der Waals surface area (Å²) in [6.45, 7) is 0. The summed E-state index contributed by atoms with van der Waals surface area (Å²) < 4.78 is 13.6. The fourth-order valence-corrected chi connectivity index (χ4v) is 1.90. The van der Waals surface area contributed by atoms with E-state index >= 15 is 0 Å². The normalized spacial score (nSPS) is 15.8. The van der Waals surface area contributed by atoms with Gasteiger partial charge in [-0.15, -0.1) is 0 Å². The Hall–Kier alpha value is -1.60. The molecule has 0 aromatic heterocycles. The summed E-state index contributed by atoms with van der Waals surface area (Å²) in [6.07, 6.45) is 1.90. The zero-order chi connectivity index (χ0) is 13.1. The maximum absolute atomic E-state index is 13.6. The third-order valence-electron chi connectivity index (χ3n) is 2.87. The fraction of sp³-hybridized carbons (Fsp3) is 0.385. The summed E-state index contributed by atoms with van der Waals surface area (Å²) >= 11 is 5.87. The minimum atomic E-state index is -0.903. The Morgan fingerprint density at radius 3 is 2.89 bits per heavy atom. The lowest BCUT2D eigenvalue weighted by Gasteiger charge is -2.11. The molecule has 3 nitrogen and oxygen atoms in total. The summed E-state index contributed by atoms with van der Waals surface area (Å²) in [5, 5.41) is 12.0. The van der Waals surface area contributed by atoms with E-state index in [1.807, 2.05) is 6.07 Å². The molecule has 2 rings (SSSR count). The van der Waals surface area contributed by atoms with Crippen LogP contribution in [0, 0.1) is 23.1 Å². The molecule has 0 heterocycles. The second kappa shape index (κ2) is 5.36. The van der Waals surface area contributed by atoms with E-state index < -0.39 is 11.7 Å². The van der Waals surface area contributed by atoms with Crippen LogP contribution in [0.15, 0.2) is 18.2 Å². The van der Waals surface area contributed by atoms with Crippen molar-refractivity contribution in [3.63, 3.8) is 0 Å². The molecule has 0 bridgehead atoms. The predicted molar refractivity (Wildman–Crippen MR) is 65.4 cm³/mol. The van der Waals surface area contributed by atoms with E-state index in [0.717, 1.165) is 12.8 Å². The quantitative estimate of drug-likeness (QED) is 0.910. The van der Waals surface area contributed by atoms with E-state index in [9.17, 15) is 9.18 Å². The van der Waals surface area contributed by atoms with Gasteiger partial charge in [-0.2, -0.15) is 5.26 Å². The van der Waals surface area contributed by atoms with Crippen LogP contribution in [0.2, 0.25) is 5.02 Å². The van der Waals surface area contributed by atoms with E-state index in [-0.39, 0.29) is 29.0 Å². The summed E-state index contributed by atoms with van der Waals surface area (Å²) in [7, 11) is 0. The first-order valence-electron chi connectivity index (χ1n) is 5.74. The molecular weight excluding hydrogens is 255 g/mol. The van der Waals surface area contributed by atoms with Gasteiger partial charge in [-0.05, 0) is 25.0 Å². The van der Waals surface area contributed by atoms with Gasteiger partial charge in [0.15, 0.2) is 0 Å². The Labute approximate surface area is 110 Å². The maximum Gasteiger partial charge on any atom is 0.237 e. The van der Waals surface area contributed by atoms with Gasteiger partial charge in [0, 0.05) is 23.0 Å². The van der Waals surface area contributed by atoms with Gasteiger partial charge in [0.05, 0.1) is 6.07 Å². The van der Waals surface area contributed by atoms with Crippen molar-refractivity contribution in [1.82, 2.24) is 5.32 Å². The molecule has 0 radical (unpaired) electrons. The number of benzene rings is 1. The van der Waals surface area contributed by atoms with Gasteiger partial charge in [0.2, 0.25) is 5.91 Å². The van der Waals surface area contributed by atoms with Crippen LogP contribution >= 0.6 is 11.6 Å². The Kier molecular flexibility index (Phi) is 3.83. The number of nitriles is 1. The maximum atomic E-state index is 13.6. The second-order valence-corrected chi connectivity index (χ2v) is 4.78. The number of hydrogen-bond donors (Lipinski definition) is 1. The monoisotopic (exact) mass is 266 g/mol. The zero-order valence-electron chi connectivity index (χ0n) is 9.62. The van der Waals surface area contributed by atoms with Crippen molar-refractivity contribution in [3.8, 4) is 6.07 Å². The second-order valence-electron chi connectivity index (χ2n) is 4.37. The highest BCUT2D eigenvalue weighted by Gasteiger charge is 2.28. The van der Waals surface area contributed by atoms with E-state index in [0.29, 0.717) is 0 Å². The van der Waals surface area contributed by atoms with Gasteiger partial charge >= 0.3 is 0 Å². The highest BCUT2D eigenvalue weighted by atomic mass is 35.5. The molecule has 18 heavy (non-hydrogen) atoms. The van der Waals surface area contributed by atoms with Crippen molar-refractivity contribution in [2.75, 3.05) is 0 Å². The van der Waals surface area contributed by atoms with Gasteiger partial charge in [-0.3, -0.25) is 4.79 Å². The first kappa shape index (κ1) is 12.8. The van der Waals surface area contributed by atoms with Gasteiger partial charge in [-0.1, -0.05) is 17.7 Å². The first-order chi connectivity index (χ1) is 8.61. The van der Waals surface area contributed by atoms with E-state index in [2.05, 4.69) is 5.32 Å². The highest BCUT2D eigenvalue weighted by molar-refractivity contribution is 6.31. The molecule has 1 N–H and O–H groups in total. The van der Waals surface area contributed by atoms with E-state index in [1.54, 1.807) is 6.07 Å². The van der Waals surface area contributed by atoms with Crippen molar-refractivity contribution in [1.29, 1.82) is 5.26 Å². The summed E-state index contributed by atoms with van der Waals surface area (Å²) in [6, 6.07) is 6.40. The SMILES string of the molecule is N#CC(Cc1c(F)cccc1Cl)C(=O)NC1CC1. The molecule has 1 aliphatic carbocycles. The molecule has 5 heteroatoms. The zero-order valence-corrected chi connectivity index (χ0v) is 10.4. The molecule has 0 spiro atoms. The van der Waals surface area contributed by atoms with E-state index in [4.69, 9.17) is 16.9 Å². The molecule has 0 saturated heterocycles. The van der Waals surface area contributed by atoms with Crippen LogP contribution in [0.4, 0.5) is 4.39 Å². The van der Waals surface area contributed by atoms with Crippen molar-refractivity contribution in [3.05, 3.63) is 34.6 Å². The molecule has 94 valence electrons. The molecule has 1 atom stereocenters. The van der Waals surface area contributed by atoms with Gasteiger partial charge in [0.25, 0.3) is 0 Å². The van der Waals surface area contributed by atoms with Crippen molar-refractivity contribution in [2.45, 2.75) is 25.3 Å². The Morgan fingerprint density at radius 1 is 1.61 bits per heavy atom. The average molecular weight is 267 g/mol. The average Bonchev–Trinajstić information content (AvgIpc) is 3.12. The summed E-state index contributed by atoms with van der Waals surface area (Å²) in [5.41, 5.74) is 0.219. The summed E-state index contributed by atoms with van der Waals surface area (Å²) in [5.74, 6) is -1.73. The lowest BCUT2D eigenvalue weighted by atomic mass is 9.99. The van der Waals surface area contributed by atoms with E-state index in [1.165, 1.54) is 12.1 Å². The molecule has 0 aliphatic heterocycles. The number of nitrogens with zero attached hydrogens (tertiary/aromatic N) is 1. The van der Waals surface area contributed by atoms with Crippen LogP contribution in [0.5, 0.6) is 0 Å². The smallest absolute Gasteiger partial charge is 0.237 e.